The van der Waals surface area contributed by atoms with E-state index in [-0.39, 0.29) is 5.91 Å². The van der Waals surface area contributed by atoms with Crippen molar-refractivity contribution in [2.75, 3.05) is 30.4 Å². The third kappa shape index (κ3) is 3.87. The number of methoxy groups -OCH3 is 1. The van der Waals surface area contributed by atoms with Crippen molar-refractivity contribution in [1.82, 2.24) is 19.9 Å². The van der Waals surface area contributed by atoms with E-state index in [1.54, 1.807) is 37.7 Å². The number of hydrogen-bond donors (Lipinski definition) is 1. The van der Waals surface area contributed by atoms with Gasteiger partial charge in [-0.05, 0) is 48.4 Å². The predicted octanol–water partition coefficient (Wildman–Crippen LogP) is 5.46. The standard InChI is InChI=1S/C26H25ClN6O2S/c1-13-7-15(16-8-14(27)5-6-20(16)35-4)17(9-28-13)23(34)32-25-31-22-24(36-25)30-21(10-29-22)33-11-18-19(12-33)26(18,2)3/h5-10,18-19H,11-12H2,1-4H3,(H,29,31,32,34). The summed E-state index contributed by atoms with van der Waals surface area (Å²) in [4.78, 5) is 34.5. The highest BCUT2D eigenvalue weighted by atomic mass is 35.5. The first-order valence-electron chi connectivity index (χ1n) is 11.7. The van der Waals surface area contributed by atoms with Gasteiger partial charge in [0.05, 0.1) is 18.9 Å². The first-order valence-corrected chi connectivity index (χ1v) is 12.9. The molecule has 0 bridgehead atoms. The topological polar surface area (TPSA) is 93.1 Å². The van der Waals surface area contributed by atoms with Crippen LogP contribution in [0.4, 0.5) is 10.9 Å². The number of anilines is 2. The Bertz CT molecular complexity index is 1510. The van der Waals surface area contributed by atoms with Gasteiger partial charge in [0.15, 0.2) is 15.6 Å². The molecule has 36 heavy (non-hydrogen) atoms. The number of halogens is 1. The lowest BCUT2D eigenvalue weighted by Gasteiger charge is -2.22. The summed E-state index contributed by atoms with van der Waals surface area (Å²) in [6.45, 7) is 8.57. The minimum Gasteiger partial charge on any atom is -0.496 e. The van der Waals surface area contributed by atoms with Crippen LogP contribution in [0.5, 0.6) is 5.75 Å². The fraction of sp³-hybridized carbons (Fsp3) is 0.346. The van der Waals surface area contributed by atoms with Crippen molar-refractivity contribution in [3.8, 4) is 16.9 Å². The van der Waals surface area contributed by atoms with Crippen molar-refractivity contribution in [3.63, 3.8) is 0 Å². The SMILES string of the molecule is COc1ccc(Cl)cc1-c1cc(C)ncc1C(=O)Nc1nc2ncc(N3CC4C(C3)C4(C)C)nc2s1. The van der Waals surface area contributed by atoms with Crippen LogP contribution in [-0.4, -0.2) is 46.0 Å². The van der Waals surface area contributed by atoms with E-state index < -0.39 is 0 Å². The molecule has 1 saturated carbocycles. The molecule has 4 heterocycles. The summed E-state index contributed by atoms with van der Waals surface area (Å²) in [5, 5.41) is 3.88. The predicted molar refractivity (Wildman–Crippen MR) is 142 cm³/mol. The molecule has 1 saturated heterocycles. The van der Waals surface area contributed by atoms with Crippen LogP contribution >= 0.6 is 22.9 Å². The number of ether oxygens (including phenoxy) is 1. The van der Waals surface area contributed by atoms with Gasteiger partial charge in [-0.1, -0.05) is 36.8 Å². The minimum atomic E-state index is -0.333. The molecule has 3 aromatic heterocycles. The number of aryl methyl sites for hydroxylation is 1. The molecule has 1 N–H and O–H groups in total. The van der Waals surface area contributed by atoms with E-state index in [0.717, 1.165) is 36.4 Å². The van der Waals surface area contributed by atoms with E-state index in [1.165, 1.54) is 11.3 Å². The molecule has 1 aliphatic carbocycles. The van der Waals surface area contributed by atoms with E-state index in [2.05, 4.69) is 39.0 Å². The zero-order chi connectivity index (χ0) is 25.2. The number of nitrogens with one attached hydrogen (secondary N) is 1. The summed E-state index contributed by atoms with van der Waals surface area (Å²) in [6.07, 6.45) is 3.33. The van der Waals surface area contributed by atoms with Crippen LogP contribution < -0.4 is 15.0 Å². The lowest BCUT2D eigenvalue weighted by molar-refractivity contribution is 0.102. The highest BCUT2D eigenvalue weighted by Crippen LogP contribution is 2.62. The lowest BCUT2D eigenvalue weighted by Crippen LogP contribution is -2.26. The zero-order valence-corrected chi connectivity index (χ0v) is 21.9. The van der Waals surface area contributed by atoms with Gasteiger partial charge in [-0.15, -0.1) is 0 Å². The molecule has 1 aliphatic heterocycles. The van der Waals surface area contributed by atoms with Gasteiger partial charge in [-0.25, -0.2) is 9.97 Å². The maximum absolute atomic E-state index is 13.4. The Hall–Kier alpha value is -3.30. The summed E-state index contributed by atoms with van der Waals surface area (Å²) < 4.78 is 5.52. The molecule has 1 aromatic carbocycles. The largest absolute Gasteiger partial charge is 0.496 e. The fourth-order valence-corrected chi connectivity index (χ4v) is 6.22. The Kier molecular flexibility index (Phi) is 5.38. The van der Waals surface area contributed by atoms with Crippen molar-refractivity contribution in [3.05, 3.63) is 52.9 Å². The quantitative estimate of drug-likeness (QED) is 0.373. The number of piperidine rings is 1. The number of rotatable bonds is 5. The molecule has 0 spiro atoms. The molecule has 10 heteroatoms. The molecule has 2 unspecified atom stereocenters. The Morgan fingerprint density at radius 2 is 1.92 bits per heavy atom. The van der Waals surface area contributed by atoms with Crippen molar-refractivity contribution < 1.29 is 9.53 Å². The van der Waals surface area contributed by atoms with Gasteiger partial charge in [0.25, 0.3) is 5.91 Å². The van der Waals surface area contributed by atoms with Crippen LogP contribution in [0.15, 0.2) is 36.7 Å². The summed E-state index contributed by atoms with van der Waals surface area (Å²) >= 11 is 7.57. The Labute approximate surface area is 217 Å². The van der Waals surface area contributed by atoms with E-state index in [1.807, 2.05) is 13.0 Å². The van der Waals surface area contributed by atoms with Crippen LogP contribution in [0.3, 0.4) is 0 Å². The lowest BCUT2D eigenvalue weighted by atomic mass is 9.99. The number of benzene rings is 1. The molecule has 2 fully saturated rings. The number of fused-ring (bicyclic) bond motifs is 2. The Balaban J connectivity index is 1.27. The number of pyridine rings is 1. The second-order valence-corrected chi connectivity index (χ2v) is 11.4. The van der Waals surface area contributed by atoms with Gasteiger partial charge in [-0.3, -0.25) is 15.1 Å². The molecular formula is C26H25ClN6O2S. The van der Waals surface area contributed by atoms with Gasteiger partial charge in [0.1, 0.15) is 11.6 Å². The smallest absolute Gasteiger partial charge is 0.259 e. The second kappa shape index (κ2) is 8.38. The van der Waals surface area contributed by atoms with Crippen molar-refractivity contribution >= 4 is 50.3 Å². The Morgan fingerprint density at radius 3 is 2.67 bits per heavy atom. The summed E-state index contributed by atoms with van der Waals surface area (Å²) in [5.74, 6) is 2.59. The number of nitrogens with zero attached hydrogens (tertiary/aromatic N) is 5. The van der Waals surface area contributed by atoms with Gasteiger partial charge in [0.2, 0.25) is 0 Å². The van der Waals surface area contributed by atoms with Gasteiger partial charge >= 0.3 is 0 Å². The third-order valence-corrected chi connectivity index (χ3v) is 8.60. The number of hydrogen-bond acceptors (Lipinski definition) is 8. The summed E-state index contributed by atoms with van der Waals surface area (Å²) in [6, 6.07) is 7.16. The van der Waals surface area contributed by atoms with Gasteiger partial charge in [-0.2, -0.15) is 4.98 Å². The molecule has 2 aliphatic rings. The zero-order valence-electron chi connectivity index (χ0n) is 20.4. The molecule has 0 radical (unpaired) electrons. The third-order valence-electron chi connectivity index (χ3n) is 7.51. The Morgan fingerprint density at radius 1 is 1.14 bits per heavy atom. The van der Waals surface area contributed by atoms with Crippen LogP contribution in [0.25, 0.3) is 21.6 Å². The van der Waals surface area contributed by atoms with Crippen molar-refractivity contribution in [1.29, 1.82) is 0 Å². The summed E-state index contributed by atoms with van der Waals surface area (Å²) in [7, 11) is 1.59. The molecular weight excluding hydrogens is 496 g/mol. The maximum atomic E-state index is 13.4. The first-order chi connectivity index (χ1) is 17.2. The number of carbonyl (C=O) groups is 1. The molecule has 1 amide bonds. The van der Waals surface area contributed by atoms with Crippen LogP contribution in [0.2, 0.25) is 5.02 Å². The highest BCUT2D eigenvalue weighted by molar-refractivity contribution is 7.21. The number of carbonyl (C=O) groups excluding carboxylic acids is 1. The van der Waals surface area contributed by atoms with E-state index in [0.29, 0.717) is 48.5 Å². The molecule has 184 valence electrons. The fourth-order valence-electron chi connectivity index (χ4n) is 5.26. The molecule has 2 atom stereocenters. The minimum absolute atomic E-state index is 0.333. The van der Waals surface area contributed by atoms with Crippen molar-refractivity contribution in [2.45, 2.75) is 20.8 Å². The van der Waals surface area contributed by atoms with Gasteiger partial charge < -0.3 is 9.64 Å². The monoisotopic (exact) mass is 520 g/mol. The summed E-state index contributed by atoms with van der Waals surface area (Å²) in [5.41, 5.74) is 3.50. The molecule has 8 nitrogen and oxygen atoms in total. The number of amides is 1. The average Bonchev–Trinajstić information content (AvgIpc) is 3.25. The maximum Gasteiger partial charge on any atom is 0.259 e. The average molecular weight is 521 g/mol. The van der Waals surface area contributed by atoms with E-state index in [9.17, 15) is 4.79 Å². The van der Waals surface area contributed by atoms with Crippen LogP contribution in [0, 0.1) is 24.2 Å². The normalized spacial score (nSPS) is 19.9. The number of aromatic nitrogens is 4. The number of thiazole rings is 1. The first kappa shape index (κ1) is 23.1. The second-order valence-electron chi connectivity index (χ2n) is 9.99. The molecule has 6 rings (SSSR count). The van der Waals surface area contributed by atoms with Crippen molar-refractivity contribution in [2.24, 2.45) is 17.3 Å². The van der Waals surface area contributed by atoms with Gasteiger partial charge in [0, 0.05) is 41.1 Å². The molecule has 4 aromatic rings. The highest BCUT2D eigenvalue weighted by Gasteiger charge is 2.62. The van der Waals surface area contributed by atoms with Crippen LogP contribution in [0.1, 0.15) is 29.9 Å². The van der Waals surface area contributed by atoms with E-state index >= 15 is 0 Å². The van der Waals surface area contributed by atoms with E-state index in [4.69, 9.17) is 21.3 Å². The van der Waals surface area contributed by atoms with Crippen LogP contribution in [-0.2, 0) is 0 Å².